The second-order valence-electron chi connectivity index (χ2n) is 3.41. The summed E-state index contributed by atoms with van der Waals surface area (Å²) in [5.41, 5.74) is 5.54. The Morgan fingerprint density at radius 1 is 1.08 bits per heavy atom. The summed E-state index contributed by atoms with van der Waals surface area (Å²) in [6.07, 6.45) is 0. The van der Waals surface area contributed by atoms with Crippen LogP contribution in [0.25, 0.3) is 0 Å². The summed E-state index contributed by atoms with van der Waals surface area (Å²) in [5, 5.41) is 0. The Kier molecular flexibility index (Phi) is 2.60. The summed E-state index contributed by atoms with van der Waals surface area (Å²) in [6.45, 7) is 4.91. The van der Waals surface area contributed by atoms with E-state index in [0.717, 1.165) is 39.5 Å². The van der Waals surface area contributed by atoms with E-state index in [-0.39, 0.29) is 0 Å². The van der Waals surface area contributed by atoms with Crippen LogP contribution in [0, 0.1) is 0 Å². The fraction of sp³-hybridized carbons (Fsp3) is 1.00. The van der Waals surface area contributed by atoms with Gasteiger partial charge in [0.05, 0.1) is 38.5 Å². The highest BCUT2D eigenvalue weighted by atomic mass is 16.5. The molecule has 0 unspecified atom stereocenters. The van der Waals surface area contributed by atoms with Crippen molar-refractivity contribution in [2.24, 2.45) is 5.73 Å². The molecule has 4 heteroatoms. The first-order valence-electron chi connectivity index (χ1n) is 4.53. The van der Waals surface area contributed by atoms with Crippen molar-refractivity contribution in [3.8, 4) is 0 Å². The van der Waals surface area contributed by atoms with E-state index < -0.39 is 0 Å². The van der Waals surface area contributed by atoms with Gasteiger partial charge in [0.25, 0.3) is 0 Å². The number of nitrogens with zero attached hydrogens (tertiary/aromatic N) is 1. The highest BCUT2D eigenvalue weighted by Crippen LogP contribution is 2.18. The van der Waals surface area contributed by atoms with Crippen LogP contribution in [0.15, 0.2) is 0 Å². The molecule has 70 valence electrons. The topological polar surface area (TPSA) is 47.7 Å². The standard InChI is InChI=1S/C8H16N2O2/c9-1-2-10-7-3-11-5-8(10)6-12-4-7/h7-8H,1-6,9H2. The third-order valence-corrected chi connectivity index (χ3v) is 2.57. The lowest BCUT2D eigenvalue weighted by Crippen LogP contribution is -2.60. The number of hydrogen-bond donors (Lipinski definition) is 1. The van der Waals surface area contributed by atoms with Gasteiger partial charge >= 0.3 is 0 Å². The van der Waals surface area contributed by atoms with Gasteiger partial charge in [-0.25, -0.2) is 0 Å². The van der Waals surface area contributed by atoms with E-state index in [1.807, 2.05) is 0 Å². The Hall–Kier alpha value is -0.160. The maximum Gasteiger partial charge on any atom is 0.0645 e. The van der Waals surface area contributed by atoms with E-state index in [1.165, 1.54) is 0 Å². The van der Waals surface area contributed by atoms with Crippen molar-refractivity contribution in [1.82, 2.24) is 4.90 Å². The zero-order valence-electron chi connectivity index (χ0n) is 7.24. The molecule has 2 N–H and O–H groups in total. The molecule has 0 atom stereocenters. The molecule has 0 aromatic carbocycles. The van der Waals surface area contributed by atoms with Crippen LogP contribution in [0.2, 0.25) is 0 Å². The molecular formula is C8H16N2O2. The molecule has 2 aliphatic heterocycles. The monoisotopic (exact) mass is 172 g/mol. The average molecular weight is 172 g/mol. The summed E-state index contributed by atoms with van der Waals surface area (Å²) < 4.78 is 10.9. The summed E-state index contributed by atoms with van der Waals surface area (Å²) in [7, 11) is 0. The fourth-order valence-corrected chi connectivity index (χ4v) is 1.97. The minimum atomic E-state index is 0.445. The molecule has 2 bridgehead atoms. The minimum Gasteiger partial charge on any atom is -0.378 e. The molecule has 12 heavy (non-hydrogen) atoms. The van der Waals surface area contributed by atoms with Gasteiger partial charge in [-0.05, 0) is 0 Å². The summed E-state index contributed by atoms with van der Waals surface area (Å²) in [6, 6.07) is 0.891. The second kappa shape index (κ2) is 3.70. The van der Waals surface area contributed by atoms with Crippen LogP contribution in [0.4, 0.5) is 0 Å². The van der Waals surface area contributed by atoms with Gasteiger partial charge in [-0.2, -0.15) is 0 Å². The average Bonchev–Trinajstić information content (AvgIpc) is 2.04. The molecule has 4 nitrogen and oxygen atoms in total. The Morgan fingerprint density at radius 3 is 2.00 bits per heavy atom. The number of hydrogen-bond acceptors (Lipinski definition) is 4. The summed E-state index contributed by atoms with van der Waals surface area (Å²) >= 11 is 0. The molecule has 2 saturated heterocycles. The Bertz CT molecular complexity index is 132. The zero-order valence-corrected chi connectivity index (χ0v) is 7.24. The van der Waals surface area contributed by atoms with Crippen molar-refractivity contribution in [2.45, 2.75) is 12.1 Å². The zero-order chi connectivity index (χ0) is 8.39. The van der Waals surface area contributed by atoms with Crippen LogP contribution in [-0.4, -0.2) is 56.5 Å². The molecule has 0 aromatic rings. The molecule has 2 aliphatic rings. The minimum absolute atomic E-state index is 0.445. The SMILES string of the molecule is NCCN1C2COCC1COC2. The Morgan fingerprint density at radius 2 is 1.58 bits per heavy atom. The molecule has 0 radical (unpaired) electrons. The largest absolute Gasteiger partial charge is 0.378 e. The van der Waals surface area contributed by atoms with Crippen molar-refractivity contribution in [1.29, 1.82) is 0 Å². The van der Waals surface area contributed by atoms with Crippen LogP contribution in [0.3, 0.4) is 0 Å². The van der Waals surface area contributed by atoms with Crippen molar-refractivity contribution >= 4 is 0 Å². The van der Waals surface area contributed by atoms with Crippen LogP contribution < -0.4 is 5.73 Å². The number of fused-ring (bicyclic) bond motifs is 2. The predicted octanol–water partition coefficient (Wildman–Crippen LogP) is -0.955. The number of rotatable bonds is 2. The van der Waals surface area contributed by atoms with Gasteiger partial charge in [0.2, 0.25) is 0 Å². The van der Waals surface area contributed by atoms with Crippen LogP contribution in [-0.2, 0) is 9.47 Å². The first kappa shape index (κ1) is 8.44. The summed E-state index contributed by atoms with van der Waals surface area (Å²) in [4.78, 5) is 2.42. The van der Waals surface area contributed by atoms with Gasteiger partial charge in [0.15, 0.2) is 0 Å². The van der Waals surface area contributed by atoms with Crippen molar-refractivity contribution < 1.29 is 9.47 Å². The van der Waals surface area contributed by atoms with Gasteiger partial charge in [-0.3, -0.25) is 4.90 Å². The van der Waals surface area contributed by atoms with Gasteiger partial charge < -0.3 is 15.2 Å². The second-order valence-corrected chi connectivity index (χ2v) is 3.41. The number of morpholine rings is 2. The molecule has 0 aromatic heterocycles. The highest BCUT2D eigenvalue weighted by Gasteiger charge is 2.34. The summed E-state index contributed by atoms with van der Waals surface area (Å²) in [5.74, 6) is 0. The molecular weight excluding hydrogens is 156 g/mol. The first-order chi connectivity index (χ1) is 5.92. The molecule has 2 fully saturated rings. The lowest BCUT2D eigenvalue weighted by Gasteiger charge is -2.45. The van der Waals surface area contributed by atoms with E-state index in [0.29, 0.717) is 12.1 Å². The predicted molar refractivity (Wildman–Crippen MR) is 45.0 cm³/mol. The smallest absolute Gasteiger partial charge is 0.0645 e. The Labute approximate surface area is 72.6 Å². The maximum absolute atomic E-state index is 5.54. The number of nitrogens with two attached hydrogens (primary N) is 1. The molecule has 0 spiro atoms. The normalized spacial score (nSPS) is 36.8. The quantitative estimate of drug-likeness (QED) is 0.583. The lowest BCUT2D eigenvalue weighted by atomic mass is 10.1. The van der Waals surface area contributed by atoms with Crippen molar-refractivity contribution in [3.63, 3.8) is 0 Å². The third kappa shape index (κ3) is 1.47. The van der Waals surface area contributed by atoms with Gasteiger partial charge in [0, 0.05) is 13.1 Å². The van der Waals surface area contributed by atoms with Crippen molar-refractivity contribution in [2.75, 3.05) is 39.5 Å². The van der Waals surface area contributed by atoms with Crippen LogP contribution in [0.5, 0.6) is 0 Å². The van der Waals surface area contributed by atoms with E-state index >= 15 is 0 Å². The van der Waals surface area contributed by atoms with Crippen molar-refractivity contribution in [3.05, 3.63) is 0 Å². The molecule has 2 rings (SSSR count). The Balaban J connectivity index is 1.98. The number of ether oxygens (including phenoxy) is 2. The van der Waals surface area contributed by atoms with E-state index in [4.69, 9.17) is 15.2 Å². The maximum atomic E-state index is 5.54. The van der Waals surface area contributed by atoms with Gasteiger partial charge in [-0.1, -0.05) is 0 Å². The third-order valence-electron chi connectivity index (χ3n) is 2.57. The molecule has 2 heterocycles. The highest BCUT2D eigenvalue weighted by molar-refractivity contribution is 4.86. The van der Waals surface area contributed by atoms with E-state index in [1.54, 1.807) is 0 Å². The fourth-order valence-electron chi connectivity index (χ4n) is 1.97. The first-order valence-corrected chi connectivity index (χ1v) is 4.53. The van der Waals surface area contributed by atoms with Gasteiger partial charge in [-0.15, -0.1) is 0 Å². The molecule has 0 saturated carbocycles. The molecule has 0 aliphatic carbocycles. The van der Waals surface area contributed by atoms with Gasteiger partial charge in [0.1, 0.15) is 0 Å². The lowest BCUT2D eigenvalue weighted by molar-refractivity contribution is -0.136. The van der Waals surface area contributed by atoms with E-state index in [9.17, 15) is 0 Å². The molecule has 0 amide bonds. The van der Waals surface area contributed by atoms with E-state index in [2.05, 4.69) is 4.90 Å². The van der Waals surface area contributed by atoms with Crippen LogP contribution >= 0.6 is 0 Å². The van der Waals surface area contributed by atoms with Crippen LogP contribution in [0.1, 0.15) is 0 Å².